The van der Waals surface area contributed by atoms with E-state index in [-0.39, 0.29) is 29.7 Å². The Morgan fingerprint density at radius 1 is 1.29 bits per heavy atom. The van der Waals surface area contributed by atoms with E-state index in [2.05, 4.69) is 26.1 Å². The summed E-state index contributed by atoms with van der Waals surface area (Å²) in [5.41, 5.74) is 0. The molecule has 0 fully saturated rings. The lowest BCUT2D eigenvalue weighted by Gasteiger charge is -2.23. The van der Waals surface area contributed by atoms with Crippen LogP contribution in [0.1, 0.15) is 41.0 Å². The van der Waals surface area contributed by atoms with Gasteiger partial charge in [-0.25, -0.2) is 0 Å². The molecule has 0 aliphatic rings. The van der Waals surface area contributed by atoms with E-state index in [0.29, 0.717) is 5.92 Å². The van der Waals surface area contributed by atoms with Gasteiger partial charge < -0.3 is 10.4 Å². The lowest BCUT2D eigenvalue weighted by Crippen LogP contribution is -2.40. The highest BCUT2D eigenvalue weighted by Gasteiger charge is 2.24. The van der Waals surface area contributed by atoms with Crippen LogP contribution in [0.3, 0.4) is 0 Å². The van der Waals surface area contributed by atoms with Crippen molar-refractivity contribution >= 4 is 17.7 Å². The minimum absolute atomic E-state index is 0.0157. The second kappa shape index (κ2) is 8.81. The number of rotatable bonds is 8. The van der Waals surface area contributed by atoms with E-state index in [1.165, 1.54) is 0 Å². The summed E-state index contributed by atoms with van der Waals surface area (Å²) in [4.78, 5) is 12.1. The van der Waals surface area contributed by atoms with Gasteiger partial charge in [-0.3, -0.25) is 4.79 Å². The van der Waals surface area contributed by atoms with Crippen molar-refractivity contribution in [3.05, 3.63) is 0 Å². The Bertz CT molecular complexity index is 221. The summed E-state index contributed by atoms with van der Waals surface area (Å²) >= 11 is 1.65. The molecule has 0 aliphatic heterocycles. The fraction of sp³-hybridized carbons (Fsp3) is 0.923. The summed E-state index contributed by atoms with van der Waals surface area (Å²) < 4.78 is 0. The van der Waals surface area contributed by atoms with Crippen LogP contribution < -0.4 is 5.32 Å². The predicted octanol–water partition coefficient (Wildman–Crippen LogP) is 2.29. The van der Waals surface area contributed by atoms with Crippen LogP contribution in [0.15, 0.2) is 0 Å². The molecule has 0 saturated carbocycles. The van der Waals surface area contributed by atoms with Crippen molar-refractivity contribution in [1.82, 2.24) is 5.32 Å². The largest absolute Gasteiger partial charge is 0.396 e. The van der Waals surface area contributed by atoms with E-state index in [4.69, 9.17) is 5.11 Å². The summed E-state index contributed by atoms with van der Waals surface area (Å²) in [6.45, 7) is 10.4. The summed E-state index contributed by atoms with van der Waals surface area (Å²) in [7, 11) is 0. The maximum absolute atomic E-state index is 12.1. The standard InChI is InChI=1S/C13H27NO2S/c1-6-11(5)14-13(16)12(9(2)3)17-8-10(4)7-15/h9-12,15H,6-8H2,1-5H3,(H,14,16). The van der Waals surface area contributed by atoms with Crippen LogP contribution in [0.25, 0.3) is 0 Å². The van der Waals surface area contributed by atoms with Gasteiger partial charge in [0.25, 0.3) is 0 Å². The Morgan fingerprint density at radius 2 is 1.88 bits per heavy atom. The number of carbonyl (C=O) groups is 1. The highest BCUT2D eigenvalue weighted by molar-refractivity contribution is 8.00. The summed E-state index contributed by atoms with van der Waals surface area (Å²) in [6, 6.07) is 0.236. The van der Waals surface area contributed by atoms with Crippen LogP contribution in [-0.2, 0) is 4.79 Å². The molecule has 102 valence electrons. The van der Waals surface area contributed by atoms with Gasteiger partial charge in [0.2, 0.25) is 5.91 Å². The Labute approximate surface area is 110 Å². The zero-order valence-electron chi connectivity index (χ0n) is 11.7. The smallest absolute Gasteiger partial charge is 0.233 e. The van der Waals surface area contributed by atoms with Gasteiger partial charge in [-0.1, -0.05) is 27.7 Å². The highest BCUT2D eigenvalue weighted by Crippen LogP contribution is 2.22. The Balaban J connectivity index is 4.27. The number of amides is 1. The molecule has 0 radical (unpaired) electrons. The van der Waals surface area contributed by atoms with Gasteiger partial charge in [0, 0.05) is 12.6 Å². The average molecular weight is 261 g/mol. The van der Waals surface area contributed by atoms with Crippen molar-refractivity contribution in [2.24, 2.45) is 11.8 Å². The van der Waals surface area contributed by atoms with Crippen molar-refractivity contribution in [2.45, 2.75) is 52.3 Å². The number of nitrogens with one attached hydrogen (secondary N) is 1. The molecule has 0 aromatic rings. The lowest BCUT2D eigenvalue weighted by atomic mass is 10.1. The number of carbonyl (C=O) groups excluding carboxylic acids is 1. The molecule has 0 aromatic heterocycles. The number of aliphatic hydroxyl groups excluding tert-OH is 1. The van der Waals surface area contributed by atoms with Gasteiger partial charge in [-0.2, -0.15) is 0 Å². The summed E-state index contributed by atoms with van der Waals surface area (Å²) in [5.74, 6) is 1.52. The van der Waals surface area contributed by atoms with Crippen molar-refractivity contribution in [2.75, 3.05) is 12.4 Å². The molecular weight excluding hydrogens is 234 g/mol. The SMILES string of the molecule is CCC(C)NC(=O)C(SCC(C)CO)C(C)C. The maximum atomic E-state index is 12.1. The highest BCUT2D eigenvalue weighted by atomic mass is 32.2. The molecule has 0 aromatic carbocycles. The molecule has 0 saturated heterocycles. The van der Waals surface area contributed by atoms with Crippen LogP contribution in [0, 0.1) is 11.8 Å². The number of hydrogen-bond donors (Lipinski definition) is 2. The van der Waals surface area contributed by atoms with E-state index in [1.807, 2.05) is 13.8 Å². The van der Waals surface area contributed by atoms with Gasteiger partial charge in [0.15, 0.2) is 0 Å². The molecule has 4 heteroatoms. The van der Waals surface area contributed by atoms with Gasteiger partial charge >= 0.3 is 0 Å². The Kier molecular flexibility index (Phi) is 8.70. The fourth-order valence-corrected chi connectivity index (χ4v) is 2.56. The third-order valence-electron chi connectivity index (χ3n) is 2.74. The fourth-order valence-electron chi connectivity index (χ4n) is 1.32. The summed E-state index contributed by atoms with van der Waals surface area (Å²) in [5, 5.41) is 12.0. The van der Waals surface area contributed by atoms with E-state index < -0.39 is 0 Å². The number of aliphatic hydroxyl groups is 1. The first kappa shape index (κ1) is 16.8. The van der Waals surface area contributed by atoms with E-state index >= 15 is 0 Å². The van der Waals surface area contributed by atoms with Crippen LogP contribution in [-0.4, -0.2) is 34.7 Å². The monoisotopic (exact) mass is 261 g/mol. The third kappa shape index (κ3) is 6.94. The molecular formula is C13H27NO2S. The molecule has 3 nitrogen and oxygen atoms in total. The molecule has 0 aliphatic carbocycles. The minimum atomic E-state index is -0.0157. The Morgan fingerprint density at radius 3 is 2.29 bits per heavy atom. The van der Waals surface area contributed by atoms with Crippen molar-refractivity contribution in [3.8, 4) is 0 Å². The predicted molar refractivity (Wildman–Crippen MR) is 75.2 cm³/mol. The quantitative estimate of drug-likeness (QED) is 0.705. The normalized spacial score (nSPS) is 16.6. The molecule has 3 atom stereocenters. The average Bonchev–Trinajstić information content (AvgIpc) is 2.28. The second-order valence-electron chi connectivity index (χ2n) is 5.10. The van der Waals surface area contributed by atoms with Crippen LogP contribution >= 0.6 is 11.8 Å². The molecule has 0 heterocycles. The maximum Gasteiger partial charge on any atom is 0.233 e. The van der Waals surface area contributed by atoms with Crippen LogP contribution in [0.5, 0.6) is 0 Å². The first-order valence-electron chi connectivity index (χ1n) is 6.45. The first-order valence-corrected chi connectivity index (χ1v) is 7.50. The first-order chi connectivity index (χ1) is 7.92. The van der Waals surface area contributed by atoms with Crippen LogP contribution in [0.2, 0.25) is 0 Å². The van der Waals surface area contributed by atoms with Crippen molar-refractivity contribution < 1.29 is 9.90 Å². The molecule has 0 rings (SSSR count). The number of thioether (sulfide) groups is 1. The van der Waals surface area contributed by atoms with E-state index in [9.17, 15) is 4.79 Å². The topological polar surface area (TPSA) is 49.3 Å². The molecule has 3 unspecified atom stereocenters. The molecule has 2 N–H and O–H groups in total. The van der Waals surface area contributed by atoms with E-state index in [0.717, 1.165) is 12.2 Å². The van der Waals surface area contributed by atoms with Crippen molar-refractivity contribution in [3.63, 3.8) is 0 Å². The van der Waals surface area contributed by atoms with Crippen molar-refractivity contribution in [1.29, 1.82) is 0 Å². The zero-order chi connectivity index (χ0) is 13.4. The summed E-state index contributed by atoms with van der Waals surface area (Å²) in [6.07, 6.45) is 0.953. The van der Waals surface area contributed by atoms with Gasteiger partial charge in [-0.05, 0) is 30.9 Å². The van der Waals surface area contributed by atoms with Gasteiger partial charge in [0.05, 0.1) is 5.25 Å². The zero-order valence-corrected chi connectivity index (χ0v) is 12.5. The van der Waals surface area contributed by atoms with Gasteiger partial charge in [0.1, 0.15) is 0 Å². The van der Waals surface area contributed by atoms with Crippen LogP contribution in [0.4, 0.5) is 0 Å². The molecule has 1 amide bonds. The minimum Gasteiger partial charge on any atom is -0.396 e. The number of hydrogen-bond acceptors (Lipinski definition) is 3. The second-order valence-corrected chi connectivity index (χ2v) is 6.28. The van der Waals surface area contributed by atoms with Gasteiger partial charge in [-0.15, -0.1) is 11.8 Å². The lowest BCUT2D eigenvalue weighted by molar-refractivity contribution is -0.121. The Hall–Kier alpha value is -0.220. The molecule has 17 heavy (non-hydrogen) atoms. The van der Waals surface area contributed by atoms with E-state index in [1.54, 1.807) is 11.8 Å². The third-order valence-corrected chi connectivity index (χ3v) is 4.62. The molecule has 0 bridgehead atoms. The molecule has 0 spiro atoms.